The van der Waals surface area contributed by atoms with Gasteiger partial charge in [0.25, 0.3) is 0 Å². The molecule has 1 saturated heterocycles. The third-order valence-corrected chi connectivity index (χ3v) is 5.10. The Bertz CT molecular complexity index is 375. The lowest BCUT2D eigenvalue weighted by molar-refractivity contribution is -0.142. The van der Waals surface area contributed by atoms with E-state index >= 15 is 0 Å². The maximum absolute atomic E-state index is 11.9. The molecular formula is C12H22N2O4S. The first-order valence-electron chi connectivity index (χ1n) is 6.44. The number of nitrogens with one attached hydrogen (secondary N) is 1. The molecule has 4 unspecified atom stereocenters. The molecule has 1 heterocycles. The lowest BCUT2D eigenvalue weighted by atomic mass is 10.0. The normalized spacial score (nSPS) is 25.9. The van der Waals surface area contributed by atoms with Crippen LogP contribution in [-0.4, -0.2) is 56.9 Å². The van der Waals surface area contributed by atoms with Crippen LogP contribution in [0.5, 0.6) is 0 Å². The monoisotopic (exact) mass is 290 g/mol. The number of carboxylic acid groups (broad SMARTS) is 1. The minimum atomic E-state index is -0.888. The van der Waals surface area contributed by atoms with Gasteiger partial charge in [-0.2, -0.15) is 0 Å². The fourth-order valence-corrected chi connectivity index (χ4v) is 2.66. The molecule has 4 atom stereocenters. The third-order valence-electron chi connectivity index (χ3n) is 3.73. The zero-order chi connectivity index (χ0) is 14.6. The van der Waals surface area contributed by atoms with Gasteiger partial charge in [-0.3, -0.25) is 9.00 Å². The molecule has 2 N–H and O–H groups in total. The summed E-state index contributed by atoms with van der Waals surface area (Å²) in [5.74, 6) is -1.33. The topological polar surface area (TPSA) is 86.7 Å². The van der Waals surface area contributed by atoms with Crippen LogP contribution in [0.1, 0.15) is 26.7 Å². The zero-order valence-corrected chi connectivity index (χ0v) is 12.4. The van der Waals surface area contributed by atoms with E-state index in [0.717, 1.165) is 0 Å². The van der Waals surface area contributed by atoms with Crippen molar-refractivity contribution in [3.63, 3.8) is 0 Å². The van der Waals surface area contributed by atoms with Crippen molar-refractivity contribution >= 4 is 22.8 Å². The van der Waals surface area contributed by atoms with Crippen molar-refractivity contribution in [3.8, 4) is 0 Å². The second kappa shape index (κ2) is 6.88. The Kier molecular flexibility index (Phi) is 5.78. The summed E-state index contributed by atoms with van der Waals surface area (Å²) < 4.78 is 11.2. The molecule has 0 aromatic carbocycles. The number of carbonyl (C=O) groups excluding carboxylic acids is 1. The molecule has 1 fully saturated rings. The quantitative estimate of drug-likeness (QED) is 0.778. The standard InChI is InChI=1S/C12H22N2O4S/c1-8(19(3)18)4-6-13-12(17)14-7-5-10(9(14)2)11(15)16/h8-10H,4-7H2,1-3H3,(H,13,17)(H,15,16). The van der Waals surface area contributed by atoms with Gasteiger partial charge in [0.1, 0.15) is 0 Å². The van der Waals surface area contributed by atoms with Crippen molar-refractivity contribution in [1.82, 2.24) is 10.2 Å². The lowest BCUT2D eigenvalue weighted by Crippen LogP contribution is -2.44. The van der Waals surface area contributed by atoms with Gasteiger partial charge >= 0.3 is 12.0 Å². The first-order valence-corrected chi connectivity index (χ1v) is 8.06. The van der Waals surface area contributed by atoms with Crippen LogP contribution in [0.25, 0.3) is 0 Å². The number of amides is 2. The smallest absolute Gasteiger partial charge is 0.317 e. The highest BCUT2D eigenvalue weighted by atomic mass is 32.2. The SMILES string of the molecule is CC1C(C(=O)O)CCN1C(=O)NCCC(C)S(C)=O. The van der Waals surface area contributed by atoms with Gasteiger partial charge < -0.3 is 15.3 Å². The molecule has 110 valence electrons. The molecular weight excluding hydrogens is 268 g/mol. The summed E-state index contributed by atoms with van der Waals surface area (Å²) in [6, 6.07) is -0.513. The second-order valence-electron chi connectivity index (χ2n) is 5.00. The van der Waals surface area contributed by atoms with Gasteiger partial charge in [-0.05, 0) is 19.8 Å². The van der Waals surface area contributed by atoms with Gasteiger partial charge in [0.05, 0.1) is 5.92 Å². The van der Waals surface area contributed by atoms with Crippen molar-refractivity contribution in [1.29, 1.82) is 0 Å². The molecule has 0 aromatic rings. The first kappa shape index (κ1) is 15.9. The number of nitrogens with zero attached hydrogens (tertiary/aromatic N) is 1. The molecule has 0 spiro atoms. The summed E-state index contributed by atoms with van der Waals surface area (Å²) in [6.45, 7) is 4.57. The predicted molar refractivity (Wildman–Crippen MR) is 73.5 cm³/mol. The van der Waals surface area contributed by atoms with Gasteiger partial charge in [0, 0.05) is 41.4 Å². The second-order valence-corrected chi connectivity index (χ2v) is 6.80. The Morgan fingerprint density at radius 2 is 2.16 bits per heavy atom. The Hall–Kier alpha value is -1.11. The van der Waals surface area contributed by atoms with E-state index in [1.807, 2.05) is 6.92 Å². The summed E-state index contributed by atoms with van der Waals surface area (Å²) in [7, 11) is -0.888. The summed E-state index contributed by atoms with van der Waals surface area (Å²) in [5.41, 5.74) is 0. The number of aliphatic carboxylic acids is 1. The van der Waals surface area contributed by atoms with Crippen molar-refractivity contribution in [2.24, 2.45) is 5.92 Å². The number of carbonyl (C=O) groups is 2. The van der Waals surface area contributed by atoms with Crippen LogP contribution < -0.4 is 5.32 Å². The first-order chi connectivity index (χ1) is 8.84. The minimum absolute atomic E-state index is 0.0445. The molecule has 6 nitrogen and oxygen atoms in total. The highest BCUT2D eigenvalue weighted by Crippen LogP contribution is 2.24. The van der Waals surface area contributed by atoms with Crippen LogP contribution in [-0.2, 0) is 15.6 Å². The molecule has 7 heteroatoms. The van der Waals surface area contributed by atoms with Gasteiger partial charge in [-0.25, -0.2) is 4.79 Å². The maximum atomic E-state index is 11.9. The van der Waals surface area contributed by atoms with E-state index in [1.165, 1.54) is 0 Å². The lowest BCUT2D eigenvalue weighted by Gasteiger charge is -2.23. The van der Waals surface area contributed by atoms with Crippen LogP contribution in [0.4, 0.5) is 4.79 Å². The molecule has 2 amide bonds. The fraction of sp³-hybridized carbons (Fsp3) is 0.833. The largest absolute Gasteiger partial charge is 0.481 e. The van der Waals surface area contributed by atoms with Gasteiger partial charge in [-0.15, -0.1) is 0 Å². The van der Waals surface area contributed by atoms with Crippen molar-refractivity contribution in [2.75, 3.05) is 19.3 Å². The molecule has 0 aliphatic carbocycles. The third kappa shape index (κ3) is 4.19. The van der Waals surface area contributed by atoms with Crippen molar-refractivity contribution in [2.45, 2.75) is 38.0 Å². The van der Waals surface area contributed by atoms with Crippen LogP contribution in [0.15, 0.2) is 0 Å². The van der Waals surface area contributed by atoms with Crippen molar-refractivity contribution < 1.29 is 18.9 Å². The molecule has 1 aliphatic rings. The molecule has 0 saturated carbocycles. The zero-order valence-electron chi connectivity index (χ0n) is 11.6. The minimum Gasteiger partial charge on any atom is -0.481 e. The summed E-state index contributed by atoms with van der Waals surface area (Å²) in [6.07, 6.45) is 2.80. The summed E-state index contributed by atoms with van der Waals surface area (Å²) in [5, 5.41) is 11.8. The van der Waals surface area contributed by atoms with E-state index in [1.54, 1.807) is 18.1 Å². The average Bonchev–Trinajstić information content (AvgIpc) is 2.70. The highest BCUT2D eigenvalue weighted by molar-refractivity contribution is 7.84. The summed E-state index contributed by atoms with van der Waals surface area (Å²) >= 11 is 0. The Labute approximate surface area is 116 Å². The summed E-state index contributed by atoms with van der Waals surface area (Å²) in [4.78, 5) is 24.4. The number of likely N-dealkylation sites (tertiary alicyclic amines) is 1. The Morgan fingerprint density at radius 3 is 2.63 bits per heavy atom. The Morgan fingerprint density at radius 1 is 1.53 bits per heavy atom. The van der Waals surface area contributed by atoms with E-state index in [9.17, 15) is 13.8 Å². The van der Waals surface area contributed by atoms with E-state index in [-0.39, 0.29) is 17.3 Å². The molecule has 0 radical (unpaired) electrons. The van der Waals surface area contributed by atoms with Crippen molar-refractivity contribution in [3.05, 3.63) is 0 Å². The van der Waals surface area contributed by atoms with Gasteiger partial charge in [0.15, 0.2) is 0 Å². The van der Waals surface area contributed by atoms with Crippen LogP contribution >= 0.6 is 0 Å². The van der Waals surface area contributed by atoms with E-state index in [0.29, 0.717) is 25.9 Å². The number of hydrogen-bond acceptors (Lipinski definition) is 3. The number of hydrogen-bond donors (Lipinski definition) is 2. The Balaban J connectivity index is 2.39. The number of rotatable bonds is 5. The van der Waals surface area contributed by atoms with Crippen LogP contribution in [0, 0.1) is 5.92 Å². The number of urea groups is 1. The molecule has 1 aliphatic heterocycles. The predicted octanol–water partition coefficient (Wildman–Crippen LogP) is 0.648. The van der Waals surface area contributed by atoms with E-state index < -0.39 is 22.7 Å². The average molecular weight is 290 g/mol. The molecule has 0 bridgehead atoms. The maximum Gasteiger partial charge on any atom is 0.317 e. The van der Waals surface area contributed by atoms with Crippen LogP contribution in [0.3, 0.4) is 0 Å². The number of carboxylic acids is 1. The highest BCUT2D eigenvalue weighted by Gasteiger charge is 2.37. The molecule has 19 heavy (non-hydrogen) atoms. The molecule has 1 rings (SSSR count). The van der Waals surface area contributed by atoms with Gasteiger partial charge in [-0.1, -0.05) is 6.92 Å². The van der Waals surface area contributed by atoms with Crippen LogP contribution in [0.2, 0.25) is 0 Å². The van der Waals surface area contributed by atoms with E-state index in [4.69, 9.17) is 5.11 Å². The molecule has 0 aromatic heterocycles. The fourth-order valence-electron chi connectivity index (χ4n) is 2.21. The van der Waals surface area contributed by atoms with E-state index in [2.05, 4.69) is 5.32 Å². The van der Waals surface area contributed by atoms with Gasteiger partial charge in [0.2, 0.25) is 0 Å².